The summed E-state index contributed by atoms with van der Waals surface area (Å²) in [5.41, 5.74) is 1.94. The van der Waals surface area contributed by atoms with Crippen LogP contribution in [-0.2, 0) is 9.53 Å². The predicted octanol–water partition coefficient (Wildman–Crippen LogP) is 3.77. The lowest BCUT2D eigenvalue weighted by molar-refractivity contribution is -0.123. The van der Waals surface area contributed by atoms with E-state index in [2.05, 4.69) is 15.5 Å². The van der Waals surface area contributed by atoms with Crippen molar-refractivity contribution in [2.24, 2.45) is 0 Å². The number of anilines is 1. The molecule has 0 fully saturated rings. The number of carbonyl (C=O) groups excluding carboxylic acids is 2. The quantitative estimate of drug-likeness (QED) is 0.485. The fourth-order valence-corrected chi connectivity index (χ4v) is 3.24. The molecular weight excluding hydrogens is 394 g/mol. The Morgan fingerprint density at radius 3 is 2.32 bits per heavy atom. The van der Waals surface area contributed by atoms with Crippen molar-refractivity contribution in [2.75, 3.05) is 5.32 Å². The van der Waals surface area contributed by atoms with Crippen molar-refractivity contribution in [3.63, 3.8) is 0 Å². The zero-order chi connectivity index (χ0) is 21.8. The Balaban J connectivity index is 1.53. The van der Waals surface area contributed by atoms with Crippen LogP contribution in [0.5, 0.6) is 0 Å². The van der Waals surface area contributed by atoms with Gasteiger partial charge in [0.2, 0.25) is 0 Å². The number of hydrogen-bond donors (Lipinski definition) is 2. The van der Waals surface area contributed by atoms with Gasteiger partial charge in [0.05, 0.1) is 5.39 Å². The molecule has 0 spiro atoms. The molecule has 7 heteroatoms. The monoisotopic (exact) mass is 413 g/mol. The number of benzene rings is 3. The Bertz CT molecular complexity index is 1320. The lowest BCUT2D eigenvalue weighted by atomic mass is 10.0. The molecule has 0 aliphatic rings. The van der Waals surface area contributed by atoms with Crippen molar-refractivity contribution < 1.29 is 14.3 Å². The molecule has 4 aromatic rings. The highest BCUT2D eigenvalue weighted by Crippen LogP contribution is 2.27. The summed E-state index contributed by atoms with van der Waals surface area (Å²) in [7, 11) is 0. The molecule has 0 saturated heterocycles. The number of H-pyrrole nitrogens is 1. The zero-order valence-corrected chi connectivity index (χ0v) is 16.7. The highest BCUT2D eigenvalue weighted by molar-refractivity contribution is 6.04. The predicted molar refractivity (Wildman–Crippen MR) is 118 cm³/mol. The largest absolute Gasteiger partial charge is 0.448 e. The Kier molecular flexibility index (Phi) is 5.57. The molecule has 0 aliphatic carbocycles. The molecule has 0 saturated carbocycles. The van der Waals surface area contributed by atoms with E-state index in [4.69, 9.17) is 4.74 Å². The number of hydrogen-bond acceptors (Lipinski definition) is 5. The maximum atomic E-state index is 12.7. The third-order valence-corrected chi connectivity index (χ3v) is 4.81. The van der Waals surface area contributed by atoms with Crippen molar-refractivity contribution in [3.8, 4) is 11.1 Å². The summed E-state index contributed by atoms with van der Waals surface area (Å²) in [6.07, 6.45) is -1.08. The van der Waals surface area contributed by atoms with E-state index in [9.17, 15) is 14.4 Å². The normalized spacial score (nSPS) is 11.6. The van der Waals surface area contributed by atoms with E-state index in [0.29, 0.717) is 16.5 Å². The van der Waals surface area contributed by atoms with Gasteiger partial charge in [0.25, 0.3) is 11.5 Å². The summed E-state index contributed by atoms with van der Waals surface area (Å²) in [4.78, 5) is 37.3. The minimum atomic E-state index is -1.08. The minimum absolute atomic E-state index is 0.0560. The number of aromatic amines is 1. The Morgan fingerprint density at radius 2 is 1.55 bits per heavy atom. The summed E-state index contributed by atoms with van der Waals surface area (Å²) >= 11 is 0. The number of nitrogens with one attached hydrogen (secondary N) is 2. The van der Waals surface area contributed by atoms with Gasteiger partial charge in [-0.1, -0.05) is 66.7 Å². The Hall–Kier alpha value is -4.26. The number of fused-ring (bicyclic) bond motifs is 1. The molecule has 0 aliphatic heterocycles. The van der Waals surface area contributed by atoms with E-state index in [-0.39, 0.29) is 5.69 Å². The van der Waals surface area contributed by atoms with Crippen LogP contribution >= 0.6 is 0 Å². The summed E-state index contributed by atoms with van der Waals surface area (Å²) < 4.78 is 5.33. The second kappa shape index (κ2) is 8.62. The van der Waals surface area contributed by atoms with Crippen molar-refractivity contribution in [3.05, 3.63) is 94.9 Å². The number of nitrogens with zero attached hydrogens (tertiary/aromatic N) is 1. The average Bonchev–Trinajstić information content (AvgIpc) is 2.80. The van der Waals surface area contributed by atoms with Gasteiger partial charge in [0.1, 0.15) is 0 Å². The summed E-state index contributed by atoms with van der Waals surface area (Å²) in [5, 5.41) is 9.59. The van der Waals surface area contributed by atoms with Crippen molar-refractivity contribution in [1.82, 2.24) is 10.2 Å². The van der Waals surface area contributed by atoms with Crippen molar-refractivity contribution in [2.45, 2.75) is 13.0 Å². The van der Waals surface area contributed by atoms with Crippen LogP contribution in [0, 0.1) is 0 Å². The van der Waals surface area contributed by atoms with Crippen LogP contribution in [-0.4, -0.2) is 28.2 Å². The maximum absolute atomic E-state index is 12.7. The third kappa shape index (κ3) is 4.20. The molecule has 1 heterocycles. The Morgan fingerprint density at radius 1 is 0.903 bits per heavy atom. The third-order valence-electron chi connectivity index (χ3n) is 4.81. The van der Waals surface area contributed by atoms with E-state index in [1.165, 1.54) is 6.92 Å². The van der Waals surface area contributed by atoms with Crippen molar-refractivity contribution >= 4 is 28.3 Å². The molecule has 0 unspecified atom stereocenters. The summed E-state index contributed by atoms with van der Waals surface area (Å²) in [6.45, 7) is 1.48. The smallest absolute Gasteiger partial charge is 0.360 e. The summed E-state index contributed by atoms with van der Waals surface area (Å²) in [6, 6.07) is 23.6. The molecule has 1 atom stereocenters. The first-order valence-corrected chi connectivity index (χ1v) is 9.68. The first kappa shape index (κ1) is 20.0. The topological polar surface area (TPSA) is 101 Å². The molecule has 31 heavy (non-hydrogen) atoms. The van der Waals surface area contributed by atoms with Crippen LogP contribution in [0.4, 0.5) is 5.69 Å². The van der Waals surface area contributed by atoms with Gasteiger partial charge in [0.15, 0.2) is 11.8 Å². The van der Waals surface area contributed by atoms with Gasteiger partial charge in [0, 0.05) is 16.6 Å². The van der Waals surface area contributed by atoms with E-state index >= 15 is 0 Å². The fourth-order valence-electron chi connectivity index (χ4n) is 3.24. The van der Waals surface area contributed by atoms with Gasteiger partial charge >= 0.3 is 5.97 Å². The average molecular weight is 413 g/mol. The first-order valence-electron chi connectivity index (χ1n) is 9.68. The zero-order valence-electron chi connectivity index (χ0n) is 16.7. The van der Waals surface area contributed by atoms with Gasteiger partial charge in [-0.3, -0.25) is 9.59 Å². The maximum Gasteiger partial charge on any atom is 0.360 e. The van der Waals surface area contributed by atoms with Crippen LogP contribution in [0.1, 0.15) is 17.4 Å². The van der Waals surface area contributed by atoms with E-state index in [1.807, 2.05) is 48.5 Å². The highest BCUT2D eigenvalue weighted by atomic mass is 16.5. The fraction of sp³-hybridized carbons (Fsp3) is 0.0833. The number of carbonyl (C=O) groups is 2. The summed E-state index contributed by atoms with van der Waals surface area (Å²) in [5.74, 6) is -1.28. The van der Waals surface area contributed by atoms with Gasteiger partial charge in [-0.05, 0) is 24.6 Å². The minimum Gasteiger partial charge on any atom is -0.448 e. The van der Waals surface area contributed by atoms with Crippen LogP contribution < -0.4 is 10.9 Å². The molecule has 7 nitrogen and oxygen atoms in total. The molecular formula is C24H19N3O4. The van der Waals surface area contributed by atoms with Crippen LogP contribution in [0.3, 0.4) is 0 Å². The van der Waals surface area contributed by atoms with E-state index < -0.39 is 23.5 Å². The number of aromatic nitrogens is 2. The molecule has 1 aromatic heterocycles. The molecule has 3 aromatic carbocycles. The lowest BCUT2D eigenvalue weighted by Crippen LogP contribution is -2.30. The van der Waals surface area contributed by atoms with Crippen LogP contribution in [0.15, 0.2) is 83.7 Å². The molecule has 0 radical (unpaired) electrons. The molecule has 2 N–H and O–H groups in total. The number of rotatable bonds is 5. The molecule has 1 amide bonds. The standard InChI is InChI=1S/C24H19N3O4/c1-15(31-24(30)21-18-12-5-6-13-19(18)23(29)27-26-21)22(28)25-20-14-8-7-11-17(20)16-9-3-2-4-10-16/h2-15H,1H3,(H,25,28)(H,27,29)/t15-/m0/s1. The van der Waals surface area contributed by atoms with E-state index in [1.54, 1.807) is 30.3 Å². The number of para-hydroxylation sites is 1. The number of ether oxygens (including phenoxy) is 1. The van der Waals surface area contributed by atoms with Gasteiger partial charge in [-0.2, -0.15) is 5.10 Å². The first-order chi connectivity index (χ1) is 15.0. The molecule has 4 rings (SSSR count). The van der Waals surface area contributed by atoms with E-state index in [0.717, 1.165) is 11.1 Å². The number of esters is 1. The molecule has 154 valence electrons. The highest BCUT2D eigenvalue weighted by Gasteiger charge is 2.23. The number of amides is 1. The van der Waals surface area contributed by atoms with Gasteiger partial charge in [-0.25, -0.2) is 9.89 Å². The SMILES string of the molecule is C[C@H](OC(=O)c1n[nH]c(=O)c2ccccc12)C(=O)Nc1ccccc1-c1ccccc1. The lowest BCUT2D eigenvalue weighted by Gasteiger charge is -2.16. The van der Waals surface area contributed by atoms with Gasteiger partial charge < -0.3 is 10.1 Å². The van der Waals surface area contributed by atoms with Crippen LogP contribution in [0.2, 0.25) is 0 Å². The van der Waals surface area contributed by atoms with Crippen LogP contribution in [0.25, 0.3) is 21.9 Å². The van der Waals surface area contributed by atoms with Gasteiger partial charge in [-0.15, -0.1) is 0 Å². The Labute approximate surface area is 177 Å². The molecule has 0 bridgehead atoms. The second-order valence-electron chi connectivity index (χ2n) is 6.90. The van der Waals surface area contributed by atoms with Crippen molar-refractivity contribution in [1.29, 1.82) is 0 Å². The second-order valence-corrected chi connectivity index (χ2v) is 6.90.